The minimum atomic E-state index is -3.40. The summed E-state index contributed by atoms with van der Waals surface area (Å²) < 4.78 is 34.3. The first-order chi connectivity index (χ1) is 13.6. The molecule has 29 heavy (non-hydrogen) atoms. The van der Waals surface area contributed by atoms with E-state index in [9.17, 15) is 22.8 Å². The quantitative estimate of drug-likeness (QED) is 0.452. The zero-order valence-corrected chi connectivity index (χ0v) is 17.1. The first-order valence-corrected chi connectivity index (χ1v) is 10.4. The Morgan fingerprint density at radius 2 is 1.45 bits per heavy atom. The lowest BCUT2D eigenvalue weighted by atomic mass is 10.1. The van der Waals surface area contributed by atoms with Gasteiger partial charge in [0.1, 0.15) is 5.75 Å². The van der Waals surface area contributed by atoms with Crippen LogP contribution in [-0.4, -0.2) is 52.5 Å². The highest BCUT2D eigenvalue weighted by atomic mass is 32.2. The minimum Gasteiger partial charge on any atom is -0.482 e. The van der Waals surface area contributed by atoms with Gasteiger partial charge >= 0.3 is 5.97 Å². The van der Waals surface area contributed by atoms with Crippen LogP contribution >= 0.6 is 0 Å². The number of hydrogen-bond donors (Lipinski definition) is 0. The third-order valence-corrected chi connectivity index (χ3v) is 5.24. The van der Waals surface area contributed by atoms with Gasteiger partial charge < -0.3 is 9.47 Å². The number of esters is 1. The van der Waals surface area contributed by atoms with Crippen molar-refractivity contribution < 1.29 is 32.3 Å². The number of Topliss-reactive ketones (excluding diaryl/α,β-unsaturated/α-hetero) is 2. The van der Waals surface area contributed by atoms with Crippen molar-refractivity contribution in [1.82, 2.24) is 0 Å². The van der Waals surface area contributed by atoms with E-state index in [1.54, 1.807) is 24.3 Å². The van der Waals surface area contributed by atoms with Crippen molar-refractivity contribution in [2.45, 2.75) is 6.92 Å². The van der Waals surface area contributed by atoms with Crippen LogP contribution in [0.1, 0.15) is 27.6 Å². The molecule has 0 aliphatic carbocycles. The molecule has 0 spiro atoms. The molecule has 0 fully saturated rings. The van der Waals surface area contributed by atoms with Gasteiger partial charge in [-0.25, -0.2) is 13.2 Å². The fourth-order valence-corrected chi connectivity index (χ4v) is 2.75. The number of sulfonamides is 1. The topological polar surface area (TPSA) is 107 Å². The number of benzene rings is 2. The summed E-state index contributed by atoms with van der Waals surface area (Å²) in [5, 5.41) is 0. The highest BCUT2D eigenvalue weighted by Crippen LogP contribution is 2.17. The number of rotatable bonds is 9. The highest BCUT2D eigenvalue weighted by molar-refractivity contribution is 7.92. The van der Waals surface area contributed by atoms with E-state index in [4.69, 9.17) is 9.47 Å². The second kappa shape index (κ2) is 9.33. The molecule has 154 valence electrons. The number of nitrogens with zero attached hydrogens (tertiary/aromatic N) is 1. The molecule has 0 heterocycles. The van der Waals surface area contributed by atoms with Crippen LogP contribution in [0.2, 0.25) is 0 Å². The molecule has 0 N–H and O–H groups in total. The first kappa shape index (κ1) is 22.1. The van der Waals surface area contributed by atoms with Gasteiger partial charge in [0.15, 0.2) is 24.8 Å². The summed E-state index contributed by atoms with van der Waals surface area (Å²) in [7, 11) is -1.99. The molecule has 0 atom stereocenters. The molecule has 0 saturated heterocycles. The molecule has 0 aliphatic heterocycles. The Labute approximate surface area is 169 Å². The molecule has 0 saturated carbocycles. The van der Waals surface area contributed by atoms with Gasteiger partial charge in [-0.1, -0.05) is 0 Å². The molecule has 9 heteroatoms. The second-order valence-corrected chi connectivity index (χ2v) is 8.24. The van der Waals surface area contributed by atoms with E-state index in [0.717, 1.165) is 10.6 Å². The van der Waals surface area contributed by atoms with Crippen LogP contribution in [0.15, 0.2) is 48.5 Å². The maximum atomic E-state index is 12.1. The fourth-order valence-electron chi connectivity index (χ4n) is 2.25. The van der Waals surface area contributed by atoms with E-state index in [0.29, 0.717) is 17.0 Å². The standard InChI is InChI=1S/C20H21NO7S/c1-14(22)15-6-10-18(11-7-15)27-13-20(24)28-12-19(23)16-4-8-17(9-5-16)21(2)29(3,25)26/h4-11H,12-13H2,1-3H3. The third kappa shape index (κ3) is 6.42. The van der Waals surface area contributed by atoms with E-state index < -0.39 is 28.4 Å². The van der Waals surface area contributed by atoms with Crippen molar-refractivity contribution in [2.24, 2.45) is 0 Å². The molecule has 0 aromatic heterocycles. The summed E-state index contributed by atoms with van der Waals surface area (Å²) in [5.74, 6) is -0.838. The minimum absolute atomic E-state index is 0.0783. The smallest absolute Gasteiger partial charge is 0.344 e. The zero-order chi connectivity index (χ0) is 21.6. The SMILES string of the molecule is CC(=O)c1ccc(OCC(=O)OCC(=O)c2ccc(N(C)S(C)(=O)=O)cc2)cc1. The summed E-state index contributed by atoms with van der Waals surface area (Å²) in [6, 6.07) is 12.2. The molecule has 0 bridgehead atoms. The number of anilines is 1. The molecule has 0 radical (unpaired) electrons. The van der Waals surface area contributed by atoms with E-state index in [1.165, 1.54) is 38.2 Å². The Bertz CT molecular complexity index is 996. The van der Waals surface area contributed by atoms with Gasteiger partial charge in [-0.2, -0.15) is 0 Å². The van der Waals surface area contributed by atoms with E-state index in [2.05, 4.69) is 0 Å². The van der Waals surface area contributed by atoms with Crippen LogP contribution in [0.4, 0.5) is 5.69 Å². The van der Waals surface area contributed by atoms with E-state index in [-0.39, 0.29) is 18.0 Å². The molecular weight excluding hydrogens is 398 g/mol. The van der Waals surface area contributed by atoms with Gasteiger partial charge in [-0.05, 0) is 55.5 Å². The Balaban J connectivity index is 1.83. The van der Waals surface area contributed by atoms with Crippen LogP contribution in [-0.2, 0) is 19.6 Å². The molecule has 2 rings (SSSR count). The third-order valence-electron chi connectivity index (χ3n) is 4.03. The molecule has 0 unspecified atom stereocenters. The normalized spacial score (nSPS) is 10.9. The Morgan fingerprint density at radius 3 is 1.97 bits per heavy atom. The van der Waals surface area contributed by atoms with Crippen molar-refractivity contribution >= 4 is 33.2 Å². The number of ketones is 2. The van der Waals surface area contributed by atoms with Gasteiger partial charge in [-0.3, -0.25) is 13.9 Å². The number of carbonyl (C=O) groups excluding carboxylic acids is 3. The Morgan fingerprint density at radius 1 is 0.897 bits per heavy atom. The summed E-state index contributed by atoms with van der Waals surface area (Å²) >= 11 is 0. The lowest BCUT2D eigenvalue weighted by Crippen LogP contribution is -2.24. The highest BCUT2D eigenvalue weighted by Gasteiger charge is 2.14. The number of ether oxygens (including phenoxy) is 2. The summed E-state index contributed by atoms with van der Waals surface area (Å²) in [4.78, 5) is 35.1. The van der Waals surface area contributed by atoms with E-state index in [1.807, 2.05) is 0 Å². The Hall–Kier alpha value is -3.20. The van der Waals surface area contributed by atoms with Crippen molar-refractivity contribution in [3.05, 3.63) is 59.7 Å². The van der Waals surface area contributed by atoms with Crippen molar-refractivity contribution in [3.8, 4) is 5.75 Å². The maximum absolute atomic E-state index is 12.1. The van der Waals surface area contributed by atoms with Gasteiger partial charge in [0.25, 0.3) is 0 Å². The van der Waals surface area contributed by atoms with Crippen molar-refractivity contribution in [1.29, 1.82) is 0 Å². The molecule has 2 aromatic rings. The molecular formula is C20H21NO7S. The molecule has 0 amide bonds. The fraction of sp³-hybridized carbons (Fsp3) is 0.250. The number of hydrogen-bond acceptors (Lipinski definition) is 7. The summed E-state index contributed by atoms with van der Waals surface area (Å²) in [6.45, 7) is 0.596. The summed E-state index contributed by atoms with van der Waals surface area (Å²) in [6.07, 6.45) is 1.07. The lowest BCUT2D eigenvalue weighted by Gasteiger charge is -2.16. The average Bonchev–Trinajstić information content (AvgIpc) is 2.69. The molecule has 8 nitrogen and oxygen atoms in total. The zero-order valence-electron chi connectivity index (χ0n) is 16.2. The first-order valence-electron chi connectivity index (χ1n) is 8.54. The van der Waals surface area contributed by atoms with Crippen LogP contribution in [0.25, 0.3) is 0 Å². The van der Waals surface area contributed by atoms with Gasteiger partial charge in [0.05, 0.1) is 11.9 Å². The monoisotopic (exact) mass is 419 g/mol. The van der Waals surface area contributed by atoms with Crippen LogP contribution < -0.4 is 9.04 Å². The predicted octanol–water partition coefficient (Wildman–Crippen LogP) is 2.09. The molecule has 2 aromatic carbocycles. The summed E-state index contributed by atoms with van der Waals surface area (Å²) in [5.41, 5.74) is 1.22. The maximum Gasteiger partial charge on any atom is 0.344 e. The lowest BCUT2D eigenvalue weighted by molar-refractivity contribution is -0.144. The largest absolute Gasteiger partial charge is 0.482 e. The van der Waals surface area contributed by atoms with Crippen LogP contribution in [0, 0.1) is 0 Å². The average molecular weight is 419 g/mol. The molecule has 0 aliphatic rings. The van der Waals surface area contributed by atoms with Gasteiger partial charge in [0.2, 0.25) is 10.0 Å². The number of carbonyl (C=O) groups is 3. The van der Waals surface area contributed by atoms with Crippen molar-refractivity contribution in [3.63, 3.8) is 0 Å². The second-order valence-electron chi connectivity index (χ2n) is 6.23. The van der Waals surface area contributed by atoms with Crippen molar-refractivity contribution in [2.75, 3.05) is 30.8 Å². The van der Waals surface area contributed by atoms with E-state index >= 15 is 0 Å². The van der Waals surface area contributed by atoms with Crippen LogP contribution in [0.3, 0.4) is 0 Å². The van der Waals surface area contributed by atoms with Gasteiger partial charge in [0, 0.05) is 18.2 Å². The predicted molar refractivity (Wildman–Crippen MR) is 107 cm³/mol. The Kier molecular flexibility index (Phi) is 7.11. The van der Waals surface area contributed by atoms with Gasteiger partial charge in [-0.15, -0.1) is 0 Å². The van der Waals surface area contributed by atoms with Crippen LogP contribution in [0.5, 0.6) is 5.75 Å².